The number of carbonyl (C=O) groups is 1. The molecule has 1 heterocycles. The molecule has 3 aromatic rings. The summed E-state index contributed by atoms with van der Waals surface area (Å²) in [5.41, 5.74) is 6.86. The standard InChI is InChI=1S/C25H27N3O5S/c1-32-19-13-16(15-5-3-6-15)14-20(33-2)23(19)25(11-12-25)24(29)28-34(30,31)21-8-4-7-18-17(21)9-10-22(26)27-18/h4,7-10,13-15H,3,5-6,11-12H2,1-2H3,(H2,26,27)(H,28,29). The van der Waals surface area contributed by atoms with Crippen LogP contribution in [0.2, 0.25) is 0 Å². The molecule has 0 aliphatic heterocycles. The molecule has 8 nitrogen and oxygen atoms in total. The Morgan fingerprint density at radius 2 is 1.76 bits per heavy atom. The Hall–Kier alpha value is -3.33. The number of amides is 1. The van der Waals surface area contributed by atoms with Crippen molar-refractivity contribution in [3.05, 3.63) is 53.6 Å². The number of nitrogens with one attached hydrogen (secondary N) is 1. The van der Waals surface area contributed by atoms with Crippen LogP contribution in [0.3, 0.4) is 0 Å². The first-order chi connectivity index (χ1) is 16.3. The van der Waals surface area contributed by atoms with Gasteiger partial charge in [-0.25, -0.2) is 18.1 Å². The summed E-state index contributed by atoms with van der Waals surface area (Å²) in [5.74, 6) is 1.25. The normalized spacial score (nSPS) is 17.1. The predicted molar refractivity (Wildman–Crippen MR) is 129 cm³/mol. The predicted octanol–water partition coefficient (Wildman–Crippen LogP) is 3.64. The number of rotatable bonds is 7. The van der Waals surface area contributed by atoms with Crippen molar-refractivity contribution in [2.75, 3.05) is 20.0 Å². The minimum atomic E-state index is -4.17. The van der Waals surface area contributed by atoms with Gasteiger partial charge in [0.1, 0.15) is 17.3 Å². The first-order valence-electron chi connectivity index (χ1n) is 11.3. The van der Waals surface area contributed by atoms with E-state index in [1.165, 1.54) is 18.6 Å². The van der Waals surface area contributed by atoms with Crippen LogP contribution in [0, 0.1) is 0 Å². The van der Waals surface area contributed by atoms with Gasteiger partial charge in [-0.3, -0.25) is 4.79 Å². The number of anilines is 1. The molecule has 0 atom stereocenters. The van der Waals surface area contributed by atoms with Gasteiger partial charge in [-0.15, -0.1) is 0 Å². The summed E-state index contributed by atoms with van der Waals surface area (Å²) in [5, 5.41) is 0.391. The number of nitrogen functional groups attached to an aromatic ring is 1. The highest BCUT2D eigenvalue weighted by Gasteiger charge is 2.56. The number of methoxy groups -OCH3 is 2. The fraction of sp³-hybridized carbons (Fsp3) is 0.360. The third-order valence-electron chi connectivity index (χ3n) is 7.00. The van der Waals surface area contributed by atoms with Crippen molar-refractivity contribution in [2.45, 2.75) is 48.3 Å². The number of carbonyl (C=O) groups excluding carboxylic acids is 1. The van der Waals surface area contributed by atoms with E-state index in [0.717, 1.165) is 18.4 Å². The molecule has 0 spiro atoms. The van der Waals surface area contributed by atoms with Crippen LogP contribution in [0.5, 0.6) is 11.5 Å². The Morgan fingerprint density at radius 3 is 2.32 bits per heavy atom. The van der Waals surface area contributed by atoms with Crippen molar-refractivity contribution in [1.82, 2.24) is 9.71 Å². The van der Waals surface area contributed by atoms with E-state index in [2.05, 4.69) is 9.71 Å². The number of nitrogens with zero attached hydrogens (tertiary/aromatic N) is 1. The van der Waals surface area contributed by atoms with Gasteiger partial charge in [0, 0.05) is 5.39 Å². The lowest BCUT2D eigenvalue weighted by Gasteiger charge is -2.28. The third kappa shape index (κ3) is 3.64. The lowest BCUT2D eigenvalue weighted by atomic mass is 9.79. The fourth-order valence-electron chi connectivity index (χ4n) is 4.75. The summed E-state index contributed by atoms with van der Waals surface area (Å²) in [6.07, 6.45) is 4.41. The average Bonchev–Trinajstić information content (AvgIpc) is 3.58. The van der Waals surface area contributed by atoms with E-state index in [9.17, 15) is 13.2 Å². The first kappa shape index (κ1) is 22.5. The summed E-state index contributed by atoms with van der Waals surface area (Å²) >= 11 is 0. The van der Waals surface area contributed by atoms with Crippen LogP contribution in [-0.2, 0) is 20.2 Å². The van der Waals surface area contributed by atoms with Crippen molar-refractivity contribution < 1.29 is 22.7 Å². The summed E-state index contributed by atoms with van der Waals surface area (Å²) in [6.45, 7) is 0. The Morgan fingerprint density at radius 1 is 1.09 bits per heavy atom. The molecule has 0 unspecified atom stereocenters. The Balaban J connectivity index is 1.51. The zero-order valence-corrected chi connectivity index (χ0v) is 19.9. The molecule has 5 rings (SSSR count). The Labute approximate surface area is 198 Å². The van der Waals surface area contributed by atoms with E-state index in [4.69, 9.17) is 15.2 Å². The molecular weight excluding hydrogens is 454 g/mol. The summed E-state index contributed by atoms with van der Waals surface area (Å²) in [7, 11) is -1.05. The number of hydrogen-bond donors (Lipinski definition) is 2. The number of sulfonamides is 1. The second-order valence-electron chi connectivity index (χ2n) is 9.00. The maximum atomic E-state index is 13.5. The quantitative estimate of drug-likeness (QED) is 0.528. The molecule has 2 aliphatic rings. The number of hydrogen-bond acceptors (Lipinski definition) is 7. The minimum Gasteiger partial charge on any atom is -0.496 e. The smallest absolute Gasteiger partial charge is 0.264 e. The van der Waals surface area contributed by atoms with Crippen molar-refractivity contribution >= 4 is 32.7 Å². The number of benzene rings is 2. The van der Waals surface area contributed by atoms with Gasteiger partial charge in [0.2, 0.25) is 5.91 Å². The number of aromatic nitrogens is 1. The molecule has 1 amide bonds. The highest BCUT2D eigenvalue weighted by Crippen LogP contribution is 2.56. The van der Waals surface area contributed by atoms with Gasteiger partial charge in [-0.1, -0.05) is 12.5 Å². The van der Waals surface area contributed by atoms with Crippen LogP contribution in [0.25, 0.3) is 10.9 Å². The molecule has 0 radical (unpaired) electrons. The first-order valence-corrected chi connectivity index (χ1v) is 12.8. The highest BCUT2D eigenvalue weighted by molar-refractivity contribution is 7.90. The van der Waals surface area contributed by atoms with E-state index in [0.29, 0.717) is 46.7 Å². The largest absolute Gasteiger partial charge is 0.496 e. The topological polar surface area (TPSA) is 121 Å². The monoisotopic (exact) mass is 481 g/mol. The summed E-state index contributed by atoms with van der Waals surface area (Å²) < 4.78 is 40.2. The number of fused-ring (bicyclic) bond motifs is 1. The lowest BCUT2D eigenvalue weighted by molar-refractivity contribution is -0.121. The second kappa shape index (κ2) is 8.16. The van der Waals surface area contributed by atoms with Crippen molar-refractivity contribution in [2.24, 2.45) is 0 Å². The van der Waals surface area contributed by atoms with Gasteiger partial charge < -0.3 is 15.2 Å². The molecular formula is C25H27N3O5S. The highest BCUT2D eigenvalue weighted by atomic mass is 32.2. The Kier molecular flexibility index (Phi) is 5.39. The molecule has 1 aromatic heterocycles. The SMILES string of the molecule is COc1cc(C2CCC2)cc(OC)c1C1(C(=O)NS(=O)(=O)c2cccc3nc(N)ccc23)CC1. The van der Waals surface area contributed by atoms with Gasteiger partial charge in [0.25, 0.3) is 10.0 Å². The molecule has 3 N–H and O–H groups in total. The molecule has 34 heavy (non-hydrogen) atoms. The van der Waals surface area contributed by atoms with Crippen LogP contribution < -0.4 is 19.9 Å². The number of pyridine rings is 1. The van der Waals surface area contributed by atoms with Gasteiger partial charge >= 0.3 is 0 Å². The van der Waals surface area contributed by atoms with Crippen LogP contribution >= 0.6 is 0 Å². The van der Waals surface area contributed by atoms with Crippen molar-refractivity contribution in [3.63, 3.8) is 0 Å². The molecule has 2 aliphatic carbocycles. The van der Waals surface area contributed by atoms with E-state index < -0.39 is 21.3 Å². The van der Waals surface area contributed by atoms with E-state index in [1.807, 2.05) is 12.1 Å². The molecule has 0 bridgehead atoms. The van der Waals surface area contributed by atoms with Crippen LogP contribution in [0.15, 0.2) is 47.4 Å². The second-order valence-corrected chi connectivity index (χ2v) is 10.7. The summed E-state index contributed by atoms with van der Waals surface area (Å²) in [6, 6.07) is 11.7. The molecule has 2 fully saturated rings. The van der Waals surface area contributed by atoms with Gasteiger partial charge in [0.15, 0.2) is 0 Å². The summed E-state index contributed by atoms with van der Waals surface area (Å²) in [4.78, 5) is 17.7. The van der Waals surface area contributed by atoms with E-state index in [-0.39, 0.29) is 10.7 Å². The third-order valence-corrected chi connectivity index (χ3v) is 8.39. The van der Waals surface area contributed by atoms with Crippen LogP contribution in [0.4, 0.5) is 5.82 Å². The zero-order valence-electron chi connectivity index (χ0n) is 19.1. The van der Waals surface area contributed by atoms with Crippen LogP contribution in [-0.4, -0.2) is 33.5 Å². The molecule has 2 saturated carbocycles. The molecule has 0 saturated heterocycles. The number of ether oxygens (including phenoxy) is 2. The van der Waals surface area contributed by atoms with Gasteiger partial charge in [0.05, 0.1) is 35.6 Å². The average molecular weight is 482 g/mol. The fourth-order valence-corrected chi connectivity index (χ4v) is 6.02. The zero-order chi connectivity index (χ0) is 24.1. The van der Waals surface area contributed by atoms with Crippen LogP contribution in [0.1, 0.15) is 49.1 Å². The molecule has 2 aromatic carbocycles. The van der Waals surface area contributed by atoms with E-state index >= 15 is 0 Å². The minimum absolute atomic E-state index is 0.0269. The maximum absolute atomic E-state index is 13.5. The van der Waals surface area contributed by atoms with Crippen molar-refractivity contribution in [3.8, 4) is 11.5 Å². The van der Waals surface area contributed by atoms with Crippen molar-refractivity contribution in [1.29, 1.82) is 0 Å². The molecule has 9 heteroatoms. The maximum Gasteiger partial charge on any atom is 0.264 e. The van der Waals surface area contributed by atoms with Gasteiger partial charge in [-0.2, -0.15) is 0 Å². The van der Waals surface area contributed by atoms with Gasteiger partial charge in [-0.05, 0) is 73.6 Å². The lowest BCUT2D eigenvalue weighted by Crippen LogP contribution is -2.39. The molecule has 178 valence electrons. The Bertz CT molecular complexity index is 1370. The van der Waals surface area contributed by atoms with E-state index in [1.54, 1.807) is 32.4 Å². The number of nitrogens with two attached hydrogens (primary N) is 1.